The summed E-state index contributed by atoms with van der Waals surface area (Å²) in [6, 6.07) is 93.6. The van der Waals surface area contributed by atoms with E-state index < -0.39 is 5.41 Å². The fraction of sp³-hybridized carbons (Fsp3) is 0.0152. The maximum absolute atomic E-state index is 5.57. The third-order valence-electron chi connectivity index (χ3n) is 14.6. The van der Waals surface area contributed by atoms with Gasteiger partial charge in [-0.05, 0) is 114 Å². The first kappa shape index (κ1) is 38.4. The monoisotopic (exact) mass is 862 g/mol. The second-order valence-corrected chi connectivity index (χ2v) is 18.2. The zero-order valence-corrected chi connectivity index (χ0v) is 37.1. The highest BCUT2D eigenvalue weighted by atomic mass is 15.0. The van der Waals surface area contributed by atoms with E-state index in [9.17, 15) is 0 Å². The molecule has 1 aliphatic carbocycles. The summed E-state index contributed by atoms with van der Waals surface area (Å²) < 4.78 is 2.52. The lowest BCUT2D eigenvalue weighted by Crippen LogP contribution is -2.33. The van der Waals surface area contributed by atoms with Gasteiger partial charge < -0.3 is 4.57 Å². The highest BCUT2D eigenvalue weighted by molar-refractivity contribution is 6.13. The van der Waals surface area contributed by atoms with Crippen molar-refractivity contribution < 1.29 is 0 Å². The van der Waals surface area contributed by atoms with Gasteiger partial charge in [0, 0.05) is 21.9 Å². The highest BCUT2D eigenvalue weighted by Gasteiger charge is 2.51. The Morgan fingerprint density at radius 3 is 1.56 bits per heavy atom. The molecule has 2 aromatic heterocycles. The van der Waals surface area contributed by atoms with Crippen LogP contribution in [0.15, 0.2) is 255 Å². The summed E-state index contributed by atoms with van der Waals surface area (Å²) in [5, 5.41) is 2.54. The molecule has 0 bridgehead atoms. The van der Waals surface area contributed by atoms with Crippen LogP contribution in [0.1, 0.15) is 22.3 Å². The van der Waals surface area contributed by atoms with Crippen LogP contribution in [0.4, 0.5) is 0 Å². The van der Waals surface area contributed by atoms with E-state index >= 15 is 0 Å². The largest absolute Gasteiger partial charge is 0.309 e. The molecule has 3 heterocycles. The quantitative estimate of drug-likeness (QED) is 0.163. The van der Waals surface area contributed by atoms with Crippen molar-refractivity contribution in [1.29, 1.82) is 0 Å². The van der Waals surface area contributed by atoms with Gasteiger partial charge in [0.15, 0.2) is 0 Å². The average Bonchev–Trinajstić information content (AvgIpc) is 3.92. The first-order chi connectivity index (χ1) is 33.7. The smallest absolute Gasteiger partial charge is 0.0754 e. The summed E-state index contributed by atoms with van der Waals surface area (Å²) in [5.41, 5.74) is 24.3. The van der Waals surface area contributed by atoms with E-state index in [1.807, 2.05) is 0 Å². The molecule has 68 heavy (non-hydrogen) atoms. The topological polar surface area (TPSA) is 17.8 Å². The molecule has 1 aliphatic heterocycles. The van der Waals surface area contributed by atoms with Gasteiger partial charge in [0.1, 0.15) is 0 Å². The first-order valence-electron chi connectivity index (χ1n) is 23.5. The molecule has 12 aromatic rings. The molecule has 1 spiro atoms. The minimum atomic E-state index is -0.605. The molecule has 0 amide bonds. The summed E-state index contributed by atoms with van der Waals surface area (Å²) in [6.07, 6.45) is 0. The van der Waals surface area contributed by atoms with Crippen molar-refractivity contribution in [3.8, 4) is 83.8 Å². The second-order valence-electron chi connectivity index (χ2n) is 18.2. The Balaban J connectivity index is 1.02. The van der Waals surface area contributed by atoms with Gasteiger partial charge >= 0.3 is 0 Å². The van der Waals surface area contributed by atoms with E-state index in [0.717, 1.165) is 33.6 Å². The van der Waals surface area contributed by atoms with Crippen molar-refractivity contribution in [3.63, 3.8) is 0 Å². The van der Waals surface area contributed by atoms with Crippen molar-refractivity contribution in [2.45, 2.75) is 5.41 Å². The Hall–Kier alpha value is -8.85. The molecule has 0 saturated heterocycles. The number of pyridine rings is 1. The van der Waals surface area contributed by atoms with Gasteiger partial charge in [-0.25, -0.2) is 4.98 Å². The van der Waals surface area contributed by atoms with Gasteiger partial charge in [-0.2, -0.15) is 0 Å². The number of hydrogen-bond acceptors (Lipinski definition) is 1. The Morgan fingerprint density at radius 1 is 0.294 bits per heavy atom. The van der Waals surface area contributed by atoms with Crippen LogP contribution in [0.3, 0.4) is 0 Å². The second kappa shape index (κ2) is 15.1. The SMILES string of the molecule is c1ccc(-c2cccc(-c3ccc(-c4ccc5c(c4)-c4c(-c6cc(-c7ccccc7)cc(-c7ccccc7)n6)cccc4C54c5ccccc5-n5c6ccccc6c6cccc4c65)cc3)c2)cc1. The zero-order valence-electron chi connectivity index (χ0n) is 37.1. The predicted octanol–water partition coefficient (Wildman–Crippen LogP) is 16.9. The minimum Gasteiger partial charge on any atom is -0.309 e. The molecule has 2 nitrogen and oxygen atoms in total. The standard InChI is InChI=1S/C66H42N2/c1-4-17-43(18-5-1)48-23-14-24-49(39-48)45-33-35-46(36-34-45)50-37-38-56-55(40-50)64-54(61-42-51(44-19-6-2-7-20-44)41-60(67-61)47-21-8-3-9-22-47)27-16-29-58(64)66(56)57-28-11-13-32-63(57)68-62-31-12-10-25-52(62)53-26-15-30-59(66)65(53)68/h1-42H. The van der Waals surface area contributed by atoms with Crippen LogP contribution < -0.4 is 0 Å². The molecular weight excluding hydrogens is 821 g/mol. The number of fused-ring (bicyclic) bond motifs is 12. The van der Waals surface area contributed by atoms with Crippen LogP contribution in [0.25, 0.3) is 106 Å². The number of para-hydroxylation sites is 3. The Labute approximate surface area is 395 Å². The van der Waals surface area contributed by atoms with Crippen molar-refractivity contribution in [2.24, 2.45) is 0 Å². The van der Waals surface area contributed by atoms with Crippen LogP contribution >= 0.6 is 0 Å². The zero-order chi connectivity index (χ0) is 44.8. The number of rotatable bonds is 6. The van der Waals surface area contributed by atoms with Gasteiger partial charge in [0.25, 0.3) is 0 Å². The van der Waals surface area contributed by atoms with E-state index in [1.165, 1.54) is 94.3 Å². The van der Waals surface area contributed by atoms with Gasteiger partial charge in [-0.1, -0.05) is 218 Å². The van der Waals surface area contributed by atoms with E-state index in [0.29, 0.717) is 0 Å². The van der Waals surface area contributed by atoms with Crippen LogP contribution in [-0.4, -0.2) is 9.55 Å². The number of hydrogen-bond donors (Lipinski definition) is 0. The van der Waals surface area contributed by atoms with Gasteiger partial charge in [-0.3, -0.25) is 0 Å². The van der Waals surface area contributed by atoms with Gasteiger partial charge in [-0.15, -0.1) is 0 Å². The lowest BCUT2D eigenvalue weighted by Gasteiger charge is -2.39. The summed E-state index contributed by atoms with van der Waals surface area (Å²) in [6.45, 7) is 0. The maximum Gasteiger partial charge on any atom is 0.0754 e. The maximum atomic E-state index is 5.57. The molecule has 0 radical (unpaired) electrons. The van der Waals surface area contributed by atoms with Crippen LogP contribution in [0.2, 0.25) is 0 Å². The van der Waals surface area contributed by atoms with Gasteiger partial charge in [0.2, 0.25) is 0 Å². The van der Waals surface area contributed by atoms with Crippen molar-refractivity contribution in [2.75, 3.05) is 0 Å². The van der Waals surface area contributed by atoms with E-state index in [4.69, 9.17) is 4.98 Å². The Morgan fingerprint density at radius 2 is 0.809 bits per heavy atom. The molecule has 1 unspecified atom stereocenters. The molecule has 2 aliphatic rings. The minimum absolute atomic E-state index is 0.605. The van der Waals surface area contributed by atoms with E-state index in [-0.39, 0.29) is 0 Å². The number of benzene rings is 10. The van der Waals surface area contributed by atoms with Crippen molar-refractivity contribution in [3.05, 3.63) is 277 Å². The van der Waals surface area contributed by atoms with Crippen molar-refractivity contribution >= 4 is 21.8 Å². The average molecular weight is 863 g/mol. The normalized spacial score (nSPS) is 14.2. The number of aromatic nitrogens is 2. The highest BCUT2D eigenvalue weighted by Crippen LogP contribution is 2.63. The summed E-state index contributed by atoms with van der Waals surface area (Å²) in [5.74, 6) is 0. The third-order valence-corrected chi connectivity index (χ3v) is 14.6. The molecule has 0 N–H and O–H groups in total. The lowest BCUT2D eigenvalue weighted by molar-refractivity contribution is 0.748. The molecule has 14 rings (SSSR count). The molecule has 316 valence electrons. The van der Waals surface area contributed by atoms with Crippen molar-refractivity contribution in [1.82, 2.24) is 9.55 Å². The molecule has 0 saturated carbocycles. The molecular formula is C66H42N2. The Bertz CT molecular complexity index is 3880. The fourth-order valence-electron chi connectivity index (χ4n) is 11.6. The fourth-order valence-corrected chi connectivity index (χ4v) is 11.6. The summed E-state index contributed by atoms with van der Waals surface area (Å²) >= 11 is 0. The molecule has 2 heteroatoms. The van der Waals surface area contributed by atoms with Gasteiger partial charge in [0.05, 0.1) is 33.5 Å². The summed E-state index contributed by atoms with van der Waals surface area (Å²) in [7, 11) is 0. The third kappa shape index (κ3) is 5.68. The first-order valence-corrected chi connectivity index (χ1v) is 23.5. The predicted molar refractivity (Wildman–Crippen MR) is 282 cm³/mol. The molecule has 0 fully saturated rings. The molecule has 10 aromatic carbocycles. The summed E-state index contributed by atoms with van der Waals surface area (Å²) in [4.78, 5) is 5.57. The lowest BCUT2D eigenvalue weighted by atomic mass is 9.65. The molecule has 1 atom stereocenters. The van der Waals surface area contributed by atoms with Crippen LogP contribution in [-0.2, 0) is 5.41 Å². The van der Waals surface area contributed by atoms with Crippen LogP contribution in [0.5, 0.6) is 0 Å². The Kier molecular flexibility index (Phi) is 8.53. The number of nitrogens with zero attached hydrogens (tertiary/aromatic N) is 2. The van der Waals surface area contributed by atoms with E-state index in [2.05, 4.69) is 259 Å². The van der Waals surface area contributed by atoms with E-state index in [1.54, 1.807) is 0 Å². The van der Waals surface area contributed by atoms with Crippen LogP contribution in [0, 0.1) is 0 Å².